The van der Waals surface area contributed by atoms with Crippen molar-refractivity contribution < 1.29 is 14.7 Å². The van der Waals surface area contributed by atoms with Crippen molar-refractivity contribution in [1.29, 1.82) is 0 Å². The minimum absolute atomic E-state index is 0.274. The fourth-order valence-electron chi connectivity index (χ4n) is 2.40. The average molecular weight is 352 g/mol. The molecule has 2 heterocycles. The van der Waals surface area contributed by atoms with Gasteiger partial charge in [0.2, 0.25) is 0 Å². The molecule has 4 nitrogen and oxygen atoms in total. The molecule has 0 spiro atoms. The van der Waals surface area contributed by atoms with E-state index in [1.54, 1.807) is 17.5 Å². The third-order valence-corrected chi connectivity index (χ3v) is 4.80. The minimum atomic E-state index is -0.983. The number of aliphatic carboxylic acids is 1. The lowest BCUT2D eigenvalue weighted by Gasteiger charge is -2.22. The maximum Gasteiger partial charge on any atom is 0.327 e. The number of halogens is 1. The molecule has 6 heteroatoms. The summed E-state index contributed by atoms with van der Waals surface area (Å²) >= 11 is 4.72. The van der Waals surface area contributed by atoms with E-state index in [2.05, 4.69) is 15.9 Å². The zero-order chi connectivity index (χ0) is 14.3. The van der Waals surface area contributed by atoms with Gasteiger partial charge in [-0.15, -0.1) is 11.3 Å². The number of hydrogen-bond acceptors (Lipinski definition) is 3. The van der Waals surface area contributed by atoms with Gasteiger partial charge in [-0.3, -0.25) is 9.69 Å². The first kappa shape index (κ1) is 13.3. The summed E-state index contributed by atoms with van der Waals surface area (Å²) in [5, 5.41) is 11.1. The molecular weight excluding hydrogens is 342 g/mol. The summed E-state index contributed by atoms with van der Waals surface area (Å²) in [7, 11) is 0. The van der Waals surface area contributed by atoms with E-state index >= 15 is 0 Å². The van der Waals surface area contributed by atoms with Crippen molar-refractivity contribution in [1.82, 2.24) is 0 Å². The number of benzene rings is 1. The van der Waals surface area contributed by atoms with Crippen LogP contribution in [0.25, 0.3) is 0 Å². The van der Waals surface area contributed by atoms with E-state index in [0.29, 0.717) is 17.7 Å². The Morgan fingerprint density at radius 1 is 1.35 bits per heavy atom. The van der Waals surface area contributed by atoms with Crippen LogP contribution in [0.15, 0.2) is 39.5 Å². The Labute approximate surface area is 127 Å². The van der Waals surface area contributed by atoms with Crippen molar-refractivity contribution in [2.24, 2.45) is 0 Å². The van der Waals surface area contributed by atoms with Gasteiger partial charge in [-0.2, -0.15) is 0 Å². The van der Waals surface area contributed by atoms with Crippen molar-refractivity contribution in [3.8, 4) is 0 Å². The molecule has 0 bridgehead atoms. The molecular formula is C14H10BrNO3S. The Morgan fingerprint density at radius 2 is 2.10 bits per heavy atom. The number of para-hydroxylation sites is 1. The van der Waals surface area contributed by atoms with E-state index in [4.69, 9.17) is 0 Å². The standard InChI is InChI=1S/C14H10BrNO3S/c15-12-6-9(7-20-12)13(17)16-10-4-2-1-3-8(10)5-11(16)14(18)19/h1-4,6-7,11H,5H2,(H,18,19)/t11-/m0/s1. The van der Waals surface area contributed by atoms with Gasteiger partial charge < -0.3 is 5.11 Å². The molecule has 0 aliphatic carbocycles. The maximum atomic E-state index is 12.6. The number of carbonyl (C=O) groups is 2. The fourth-order valence-corrected chi connectivity index (χ4v) is 3.53. The molecule has 1 atom stereocenters. The maximum absolute atomic E-state index is 12.6. The Bertz CT molecular complexity index is 697. The molecule has 1 aliphatic heterocycles. The number of nitrogens with zero attached hydrogens (tertiary/aromatic N) is 1. The summed E-state index contributed by atoms with van der Waals surface area (Å²) in [5.41, 5.74) is 2.08. The Hall–Kier alpha value is -1.66. The summed E-state index contributed by atoms with van der Waals surface area (Å²) < 4.78 is 0.847. The van der Waals surface area contributed by atoms with E-state index in [-0.39, 0.29) is 5.91 Å². The van der Waals surface area contributed by atoms with E-state index < -0.39 is 12.0 Å². The Morgan fingerprint density at radius 3 is 2.75 bits per heavy atom. The average Bonchev–Trinajstić information content (AvgIpc) is 3.01. The number of anilines is 1. The molecule has 0 fully saturated rings. The van der Waals surface area contributed by atoms with Crippen LogP contribution in [0.2, 0.25) is 0 Å². The lowest BCUT2D eigenvalue weighted by molar-refractivity contribution is -0.138. The summed E-state index contributed by atoms with van der Waals surface area (Å²) in [5.74, 6) is -1.26. The fraction of sp³-hybridized carbons (Fsp3) is 0.143. The van der Waals surface area contributed by atoms with Crippen LogP contribution in [0.5, 0.6) is 0 Å². The van der Waals surface area contributed by atoms with E-state index in [9.17, 15) is 14.7 Å². The van der Waals surface area contributed by atoms with Crippen LogP contribution in [0.3, 0.4) is 0 Å². The van der Waals surface area contributed by atoms with Gasteiger partial charge in [0.25, 0.3) is 5.91 Å². The molecule has 1 N–H and O–H groups in total. The normalized spacial score (nSPS) is 17.1. The van der Waals surface area contributed by atoms with Crippen LogP contribution in [0.1, 0.15) is 15.9 Å². The molecule has 0 unspecified atom stereocenters. The quantitative estimate of drug-likeness (QED) is 0.903. The first-order valence-electron chi connectivity index (χ1n) is 5.96. The van der Waals surface area contributed by atoms with Crippen molar-refractivity contribution >= 4 is 44.8 Å². The second kappa shape index (κ2) is 5.03. The highest BCUT2D eigenvalue weighted by Crippen LogP contribution is 2.34. The molecule has 1 aromatic heterocycles. The lowest BCUT2D eigenvalue weighted by atomic mass is 10.1. The summed E-state index contributed by atoms with van der Waals surface area (Å²) in [4.78, 5) is 25.4. The second-order valence-electron chi connectivity index (χ2n) is 4.50. The molecule has 1 aromatic carbocycles. The number of carbonyl (C=O) groups excluding carboxylic acids is 1. The van der Waals surface area contributed by atoms with Crippen LogP contribution < -0.4 is 4.90 Å². The third kappa shape index (κ3) is 2.14. The molecule has 2 aromatic rings. The Kier molecular flexibility index (Phi) is 3.35. The summed E-state index contributed by atoms with van der Waals surface area (Å²) in [6.45, 7) is 0. The highest BCUT2D eigenvalue weighted by atomic mass is 79.9. The van der Waals surface area contributed by atoms with Crippen LogP contribution in [-0.2, 0) is 11.2 Å². The number of amides is 1. The van der Waals surface area contributed by atoms with E-state index in [1.807, 2.05) is 18.2 Å². The predicted octanol–water partition coefficient (Wildman–Crippen LogP) is 3.17. The molecule has 1 aliphatic rings. The van der Waals surface area contributed by atoms with Gasteiger partial charge in [0.1, 0.15) is 6.04 Å². The smallest absolute Gasteiger partial charge is 0.327 e. The number of carboxylic acid groups (broad SMARTS) is 1. The topological polar surface area (TPSA) is 57.6 Å². The van der Waals surface area contributed by atoms with Crippen molar-refractivity contribution in [2.45, 2.75) is 12.5 Å². The number of fused-ring (bicyclic) bond motifs is 1. The monoisotopic (exact) mass is 351 g/mol. The molecule has 102 valence electrons. The molecule has 20 heavy (non-hydrogen) atoms. The van der Waals surface area contributed by atoms with Crippen LogP contribution in [0.4, 0.5) is 5.69 Å². The van der Waals surface area contributed by atoms with Gasteiger partial charge in [-0.25, -0.2) is 4.79 Å². The van der Waals surface area contributed by atoms with Crippen LogP contribution in [0, 0.1) is 0 Å². The van der Waals surface area contributed by atoms with Crippen LogP contribution in [-0.4, -0.2) is 23.0 Å². The molecule has 1 amide bonds. The highest BCUT2D eigenvalue weighted by Gasteiger charge is 2.38. The first-order chi connectivity index (χ1) is 9.58. The molecule has 3 rings (SSSR count). The largest absolute Gasteiger partial charge is 0.480 e. The Balaban J connectivity index is 2.04. The zero-order valence-corrected chi connectivity index (χ0v) is 12.6. The number of carboxylic acids is 1. The summed E-state index contributed by atoms with van der Waals surface area (Å²) in [6, 6.07) is 8.20. The summed E-state index contributed by atoms with van der Waals surface area (Å²) in [6.07, 6.45) is 0.350. The zero-order valence-electron chi connectivity index (χ0n) is 10.2. The SMILES string of the molecule is O=C(O)[C@@H]1Cc2ccccc2N1C(=O)c1csc(Br)c1. The van der Waals surface area contributed by atoms with Gasteiger partial charge in [0, 0.05) is 17.5 Å². The minimum Gasteiger partial charge on any atom is -0.480 e. The molecule has 0 saturated carbocycles. The molecule has 0 saturated heterocycles. The number of rotatable bonds is 2. The van der Waals surface area contributed by atoms with E-state index in [0.717, 1.165) is 9.35 Å². The second-order valence-corrected chi connectivity index (χ2v) is 6.79. The first-order valence-corrected chi connectivity index (χ1v) is 7.63. The van der Waals surface area contributed by atoms with E-state index in [1.165, 1.54) is 16.2 Å². The number of hydrogen-bond donors (Lipinski definition) is 1. The number of thiophene rings is 1. The van der Waals surface area contributed by atoms with Gasteiger partial charge in [0.05, 0.1) is 9.35 Å². The van der Waals surface area contributed by atoms with Crippen molar-refractivity contribution in [2.75, 3.05) is 4.90 Å². The van der Waals surface area contributed by atoms with Crippen LogP contribution >= 0.6 is 27.3 Å². The van der Waals surface area contributed by atoms with Crippen molar-refractivity contribution in [3.05, 3.63) is 50.6 Å². The van der Waals surface area contributed by atoms with Gasteiger partial charge in [-0.1, -0.05) is 18.2 Å². The predicted molar refractivity (Wildman–Crippen MR) is 80.4 cm³/mol. The highest BCUT2D eigenvalue weighted by molar-refractivity contribution is 9.11. The van der Waals surface area contributed by atoms with Gasteiger partial charge in [0.15, 0.2) is 0 Å². The third-order valence-electron chi connectivity index (χ3n) is 3.29. The lowest BCUT2D eigenvalue weighted by Crippen LogP contribution is -2.42. The van der Waals surface area contributed by atoms with Gasteiger partial charge >= 0.3 is 5.97 Å². The van der Waals surface area contributed by atoms with Crippen molar-refractivity contribution in [3.63, 3.8) is 0 Å². The molecule has 0 radical (unpaired) electrons. The van der Waals surface area contributed by atoms with Gasteiger partial charge in [-0.05, 0) is 33.6 Å².